The Hall–Kier alpha value is -1.91. The molecule has 1 fully saturated rings. The molecule has 2 atom stereocenters. The number of carbonyl (C=O) groups is 1. The van der Waals surface area contributed by atoms with Crippen LogP contribution in [0.4, 0.5) is 0 Å². The molecule has 122 valence electrons. The Morgan fingerprint density at radius 1 is 1.35 bits per heavy atom. The topological polar surface area (TPSA) is 70.8 Å². The van der Waals surface area contributed by atoms with Gasteiger partial charge in [0.25, 0.3) is 0 Å². The van der Waals surface area contributed by atoms with Crippen molar-refractivity contribution in [2.75, 3.05) is 19.8 Å². The minimum absolute atomic E-state index is 0.289. The molecule has 5 heteroatoms. The Morgan fingerprint density at radius 3 is 2.48 bits per heavy atom. The molecule has 1 saturated heterocycles. The molecule has 0 saturated carbocycles. The highest BCUT2D eigenvalue weighted by atomic mass is 16.7. The van der Waals surface area contributed by atoms with Gasteiger partial charge in [-0.2, -0.15) is 0 Å². The molecule has 1 aromatic rings. The highest BCUT2D eigenvalue weighted by molar-refractivity contribution is 5.83. The minimum Gasteiger partial charge on any atom is -0.466 e. The van der Waals surface area contributed by atoms with E-state index in [9.17, 15) is 4.79 Å². The van der Waals surface area contributed by atoms with Crippen LogP contribution in [0.3, 0.4) is 0 Å². The molecule has 0 aromatic heterocycles. The third kappa shape index (κ3) is 3.23. The maximum atomic E-state index is 12.5. The van der Waals surface area contributed by atoms with Gasteiger partial charge in [-0.25, -0.2) is 0 Å². The van der Waals surface area contributed by atoms with Crippen molar-refractivity contribution in [3.63, 3.8) is 0 Å². The highest BCUT2D eigenvalue weighted by Gasteiger charge is 2.48. The van der Waals surface area contributed by atoms with Crippen LogP contribution in [0, 0.1) is 5.92 Å². The molecule has 1 aliphatic carbocycles. The first kappa shape index (κ1) is 16.0. The number of benzene rings is 1. The van der Waals surface area contributed by atoms with Crippen LogP contribution in [0.5, 0.6) is 0 Å². The molecule has 1 aliphatic heterocycles. The van der Waals surface area contributed by atoms with Gasteiger partial charge in [-0.15, -0.1) is 5.73 Å². The van der Waals surface area contributed by atoms with Gasteiger partial charge in [0.05, 0.1) is 19.8 Å². The lowest BCUT2D eigenvalue weighted by molar-refractivity contribution is -0.204. The van der Waals surface area contributed by atoms with Crippen LogP contribution in [0.15, 0.2) is 36.1 Å². The Bertz CT molecular complexity index is 652. The lowest BCUT2D eigenvalue weighted by Gasteiger charge is -2.34. The average molecular weight is 315 g/mol. The Morgan fingerprint density at radius 2 is 1.96 bits per heavy atom. The number of carbonyl (C=O) groups excluding carboxylic acids is 1. The van der Waals surface area contributed by atoms with Crippen molar-refractivity contribution in [3.05, 3.63) is 47.2 Å². The molecule has 0 bridgehead atoms. The van der Waals surface area contributed by atoms with E-state index >= 15 is 0 Å². The van der Waals surface area contributed by atoms with Crippen LogP contribution in [-0.4, -0.2) is 31.6 Å². The van der Waals surface area contributed by atoms with Crippen molar-refractivity contribution < 1.29 is 19.0 Å². The van der Waals surface area contributed by atoms with Crippen LogP contribution in [-0.2, 0) is 19.0 Å². The first-order chi connectivity index (χ1) is 11.0. The van der Waals surface area contributed by atoms with Crippen LogP contribution >= 0.6 is 0 Å². The molecule has 0 spiro atoms. The molecule has 1 aromatic carbocycles. The van der Waals surface area contributed by atoms with E-state index in [1.54, 1.807) is 13.8 Å². The summed E-state index contributed by atoms with van der Waals surface area (Å²) >= 11 is 0. The van der Waals surface area contributed by atoms with Crippen molar-refractivity contribution in [2.45, 2.75) is 25.7 Å². The number of allylic oxidation sites excluding steroid dienone is 1. The molecular weight excluding hydrogens is 294 g/mol. The third-order valence-electron chi connectivity index (χ3n) is 4.22. The van der Waals surface area contributed by atoms with Crippen LogP contribution < -0.4 is 5.73 Å². The van der Waals surface area contributed by atoms with Gasteiger partial charge in [0.1, 0.15) is 5.92 Å². The summed E-state index contributed by atoms with van der Waals surface area (Å²) in [6, 6.07) is 7.22. The summed E-state index contributed by atoms with van der Waals surface area (Å²) in [7, 11) is 0. The second-order valence-electron chi connectivity index (χ2n) is 5.79. The van der Waals surface area contributed by atoms with Crippen LogP contribution in [0.2, 0.25) is 0 Å². The standard InChI is InChI=1S/C18H21NO4/c1-3-21-17(20)15(18(2)22-10-11-23-18)16(19)14-8-6-13(7-9-14)12-4-5-12/h4,6-9,15-16H,3,10-11,19H2,1-2H3. The fourth-order valence-corrected chi connectivity index (χ4v) is 2.91. The van der Waals surface area contributed by atoms with E-state index in [2.05, 4.69) is 5.73 Å². The second-order valence-corrected chi connectivity index (χ2v) is 5.79. The predicted molar refractivity (Wildman–Crippen MR) is 85.3 cm³/mol. The monoisotopic (exact) mass is 315 g/mol. The molecule has 2 N–H and O–H groups in total. The molecule has 1 heterocycles. The number of rotatable bonds is 6. The van der Waals surface area contributed by atoms with E-state index in [4.69, 9.17) is 19.9 Å². The van der Waals surface area contributed by atoms with Crippen molar-refractivity contribution in [3.8, 4) is 0 Å². The molecular formula is C18H21NO4. The summed E-state index contributed by atoms with van der Waals surface area (Å²) in [5.74, 6) is -2.20. The van der Waals surface area contributed by atoms with E-state index in [0.29, 0.717) is 13.2 Å². The molecule has 2 aliphatic rings. The van der Waals surface area contributed by atoms with E-state index < -0.39 is 23.7 Å². The zero-order valence-electron chi connectivity index (χ0n) is 13.4. The Balaban J connectivity index is 1.85. The van der Waals surface area contributed by atoms with Gasteiger partial charge in [-0.3, -0.25) is 4.79 Å². The van der Waals surface area contributed by atoms with Crippen molar-refractivity contribution in [2.24, 2.45) is 11.7 Å². The minimum atomic E-state index is -1.06. The fraction of sp³-hybridized carbons (Fsp3) is 0.444. The number of hydrogen-bond acceptors (Lipinski definition) is 5. The normalized spacial score (nSPS) is 20.7. The van der Waals surface area contributed by atoms with Gasteiger partial charge in [0, 0.05) is 11.6 Å². The second kappa shape index (κ2) is 6.30. The van der Waals surface area contributed by atoms with Gasteiger partial charge >= 0.3 is 5.97 Å². The highest BCUT2D eigenvalue weighted by Crippen LogP contribution is 2.37. The van der Waals surface area contributed by atoms with Crippen LogP contribution in [0.25, 0.3) is 5.57 Å². The number of esters is 1. The van der Waals surface area contributed by atoms with Crippen LogP contribution in [0.1, 0.15) is 31.0 Å². The first-order valence-corrected chi connectivity index (χ1v) is 7.82. The van der Waals surface area contributed by atoms with Crippen molar-refractivity contribution in [1.82, 2.24) is 0 Å². The average Bonchev–Trinajstić information content (AvgIpc) is 3.30. The number of ether oxygens (including phenoxy) is 3. The maximum Gasteiger partial charge on any atom is 0.316 e. The quantitative estimate of drug-likeness (QED) is 0.643. The third-order valence-corrected chi connectivity index (χ3v) is 4.22. The molecule has 5 nitrogen and oxygen atoms in total. The molecule has 23 heavy (non-hydrogen) atoms. The summed E-state index contributed by atoms with van der Waals surface area (Å²) in [5, 5.41) is 0. The van der Waals surface area contributed by atoms with E-state index in [0.717, 1.165) is 16.7 Å². The Kier molecular flexibility index (Phi) is 4.37. The van der Waals surface area contributed by atoms with Gasteiger partial charge in [0.2, 0.25) is 0 Å². The Labute approximate surface area is 135 Å². The van der Waals surface area contributed by atoms with Gasteiger partial charge in [-0.05, 0) is 31.1 Å². The molecule has 3 rings (SSSR count). The fourth-order valence-electron chi connectivity index (χ4n) is 2.91. The predicted octanol–water partition coefficient (Wildman–Crippen LogP) is 2.18. The zero-order valence-corrected chi connectivity index (χ0v) is 13.4. The van der Waals surface area contributed by atoms with E-state index in [-0.39, 0.29) is 6.61 Å². The SMILES string of the molecule is CCOC(=O)C(C(N)c1ccc(C2=C=C2)cc1)C1(C)OCCO1. The smallest absolute Gasteiger partial charge is 0.316 e. The first-order valence-electron chi connectivity index (χ1n) is 7.82. The summed E-state index contributed by atoms with van der Waals surface area (Å²) in [4.78, 5) is 12.5. The van der Waals surface area contributed by atoms with Gasteiger partial charge in [-0.1, -0.05) is 24.3 Å². The molecule has 0 amide bonds. The summed E-state index contributed by atoms with van der Waals surface area (Å²) < 4.78 is 16.5. The van der Waals surface area contributed by atoms with E-state index in [1.807, 2.05) is 30.3 Å². The summed E-state index contributed by atoms with van der Waals surface area (Å²) in [6.07, 6.45) is 1.93. The summed E-state index contributed by atoms with van der Waals surface area (Å²) in [6.45, 7) is 4.69. The summed E-state index contributed by atoms with van der Waals surface area (Å²) in [5.41, 5.74) is 12.5. The van der Waals surface area contributed by atoms with E-state index in [1.165, 1.54) is 0 Å². The maximum absolute atomic E-state index is 12.5. The van der Waals surface area contributed by atoms with Gasteiger partial charge < -0.3 is 19.9 Å². The molecule has 2 unspecified atom stereocenters. The van der Waals surface area contributed by atoms with Crippen molar-refractivity contribution >= 4 is 11.5 Å². The van der Waals surface area contributed by atoms with Crippen molar-refractivity contribution in [1.29, 1.82) is 0 Å². The zero-order chi connectivity index (χ0) is 16.4. The number of hydrogen-bond donors (Lipinski definition) is 1. The largest absolute Gasteiger partial charge is 0.466 e. The molecule has 0 radical (unpaired) electrons. The lowest BCUT2D eigenvalue weighted by atomic mass is 9.87. The number of nitrogens with two attached hydrogens (primary N) is 1. The van der Waals surface area contributed by atoms with Gasteiger partial charge in [0.15, 0.2) is 5.79 Å². The lowest BCUT2D eigenvalue weighted by Crippen LogP contribution is -2.47.